The molecule has 0 atom stereocenters. The van der Waals surface area contributed by atoms with Crippen LogP contribution in [0.4, 0.5) is 5.82 Å². The molecule has 3 heterocycles. The van der Waals surface area contributed by atoms with Crippen LogP contribution in [0.1, 0.15) is 25.0 Å². The van der Waals surface area contributed by atoms with E-state index in [4.69, 9.17) is 17.3 Å². The van der Waals surface area contributed by atoms with Crippen LogP contribution in [0.25, 0.3) is 11.7 Å². The molecule has 3 rings (SSSR count). The molecule has 28 heavy (non-hydrogen) atoms. The van der Waals surface area contributed by atoms with Crippen molar-refractivity contribution in [3.8, 4) is 0 Å². The fourth-order valence-electron chi connectivity index (χ4n) is 2.85. The Labute approximate surface area is 172 Å². The number of thioether (sulfide) groups is 1. The topological polar surface area (TPSA) is 86.9 Å². The number of nitrogens with one attached hydrogen (secondary N) is 1. The first-order chi connectivity index (χ1) is 13.3. The monoisotopic (exact) mass is 418 g/mol. The molecule has 0 aromatic carbocycles. The third-order valence-corrected chi connectivity index (χ3v) is 5.48. The van der Waals surface area contributed by atoms with Gasteiger partial charge in [-0.1, -0.05) is 43.9 Å². The van der Waals surface area contributed by atoms with Crippen LogP contribution in [-0.4, -0.2) is 49.3 Å². The Kier molecular flexibility index (Phi) is 6.17. The zero-order valence-corrected chi connectivity index (χ0v) is 17.6. The molecule has 2 aromatic heterocycles. The van der Waals surface area contributed by atoms with E-state index in [1.165, 1.54) is 16.2 Å². The van der Waals surface area contributed by atoms with Crippen LogP contribution in [0.15, 0.2) is 28.0 Å². The van der Waals surface area contributed by atoms with Crippen LogP contribution < -0.4 is 10.9 Å². The molecule has 0 unspecified atom stereocenters. The molecule has 7 nitrogen and oxygen atoms in total. The number of anilines is 1. The lowest BCUT2D eigenvalue weighted by atomic mass is 10.2. The van der Waals surface area contributed by atoms with Gasteiger partial charge in [0.25, 0.3) is 11.5 Å². The van der Waals surface area contributed by atoms with Crippen molar-refractivity contribution in [3.63, 3.8) is 0 Å². The van der Waals surface area contributed by atoms with Crippen molar-refractivity contribution < 1.29 is 9.90 Å². The molecular weight excluding hydrogens is 396 g/mol. The van der Waals surface area contributed by atoms with Gasteiger partial charge in [-0.25, -0.2) is 4.98 Å². The lowest BCUT2D eigenvalue weighted by Gasteiger charge is -2.16. The number of rotatable bonds is 6. The minimum absolute atomic E-state index is 0.106. The van der Waals surface area contributed by atoms with Gasteiger partial charge in [-0.2, -0.15) is 0 Å². The number of nitrogens with zero attached hydrogens (tertiary/aromatic N) is 3. The molecule has 2 N–H and O–H groups in total. The summed E-state index contributed by atoms with van der Waals surface area (Å²) < 4.78 is 1.94. The average molecular weight is 419 g/mol. The highest BCUT2D eigenvalue weighted by molar-refractivity contribution is 8.26. The number of carbonyl (C=O) groups excluding carboxylic acids is 1. The highest BCUT2D eigenvalue weighted by Gasteiger charge is 2.32. The number of hydrogen-bond donors (Lipinski definition) is 2. The highest BCUT2D eigenvalue weighted by atomic mass is 32.2. The standard InChI is InChI=1S/C19H22N4O3S2/c1-11(2)9-23-18(26)14(28-19(23)27)8-13-16(20-6-7-24)21-15-5-4-12(3)10-22(15)17(13)25/h4-5,8,10-11,20,24H,6-7,9H2,1-3H3. The number of aliphatic hydroxyl groups excluding tert-OH is 1. The van der Waals surface area contributed by atoms with E-state index >= 15 is 0 Å². The van der Waals surface area contributed by atoms with Gasteiger partial charge in [-0.05, 0) is 30.5 Å². The number of aryl methyl sites for hydroxylation is 1. The van der Waals surface area contributed by atoms with E-state index in [1.54, 1.807) is 23.2 Å². The van der Waals surface area contributed by atoms with Gasteiger partial charge in [0.15, 0.2) is 0 Å². The summed E-state index contributed by atoms with van der Waals surface area (Å²) in [5.41, 5.74) is 1.38. The molecule has 1 fully saturated rings. The minimum Gasteiger partial charge on any atom is -0.395 e. The minimum atomic E-state index is -0.289. The molecule has 1 aliphatic heterocycles. The summed E-state index contributed by atoms with van der Waals surface area (Å²) in [5, 5.41) is 12.1. The van der Waals surface area contributed by atoms with Crippen LogP contribution in [0.3, 0.4) is 0 Å². The normalized spacial score (nSPS) is 16.0. The summed E-state index contributed by atoms with van der Waals surface area (Å²) in [4.78, 5) is 32.3. The van der Waals surface area contributed by atoms with E-state index in [-0.39, 0.29) is 36.1 Å². The summed E-state index contributed by atoms with van der Waals surface area (Å²) >= 11 is 6.52. The van der Waals surface area contributed by atoms with E-state index in [2.05, 4.69) is 10.3 Å². The number of fused-ring (bicyclic) bond motifs is 1. The summed E-state index contributed by atoms with van der Waals surface area (Å²) in [7, 11) is 0. The van der Waals surface area contributed by atoms with Gasteiger partial charge in [0.1, 0.15) is 15.8 Å². The predicted octanol–water partition coefficient (Wildman–Crippen LogP) is 2.26. The van der Waals surface area contributed by atoms with E-state index < -0.39 is 0 Å². The first-order valence-electron chi connectivity index (χ1n) is 8.95. The quantitative estimate of drug-likeness (QED) is 0.550. The number of aliphatic hydroxyl groups is 1. The van der Waals surface area contributed by atoms with E-state index in [0.717, 1.165) is 5.56 Å². The number of amides is 1. The van der Waals surface area contributed by atoms with Crippen molar-refractivity contribution in [1.29, 1.82) is 0 Å². The number of pyridine rings is 1. The first-order valence-corrected chi connectivity index (χ1v) is 10.2. The lowest BCUT2D eigenvalue weighted by molar-refractivity contribution is -0.122. The summed E-state index contributed by atoms with van der Waals surface area (Å²) in [6, 6.07) is 3.63. The molecule has 0 bridgehead atoms. The number of aromatic nitrogens is 2. The number of thiocarbonyl (C=S) groups is 1. The van der Waals surface area contributed by atoms with Gasteiger partial charge < -0.3 is 10.4 Å². The fraction of sp³-hybridized carbons (Fsp3) is 0.368. The van der Waals surface area contributed by atoms with Gasteiger partial charge in [0.2, 0.25) is 0 Å². The molecule has 148 valence electrons. The molecular formula is C19H22N4O3S2. The Morgan fingerprint density at radius 1 is 1.36 bits per heavy atom. The molecule has 0 spiro atoms. The smallest absolute Gasteiger partial charge is 0.267 e. The largest absolute Gasteiger partial charge is 0.395 e. The Hall–Kier alpha value is -2.23. The number of carbonyl (C=O) groups is 1. The molecule has 1 aliphatic rings. The van der Waals surface area contributed by atoms with Gasteiger partial charge in [0, 0.05) is 19.3 Å². The van der Waals surface area contributed by atoms with Crippen LogP contribution in [0.2, 0.25) is 0 Å². The zero-order chi connectivity index (χ0) is 20.4. The van der Waals surface area contributed by atoms with Crippen molar-refractivity contribution in [2.24, 2.45) is 5.92 Å². The maximum atomic E-state index is 13.1. The van der Waals surface area contributed by atoms with Crippen molar-refractivity contribution in [2.45, 2.75) is 20.8 Å². The van der Waals surface area contributed by atoms with E-state index in [0.29, 0.717) is 27.2 Å². The summed E-state index contributed by atoms with van der Waals surface area (Å²) in [6.07, 6.45) is 3.26. The van der Waals surface area contributed by atoms with Gasteiger partial charge in [0.05, 0.1) is 17.1 Å². The highest BCUT2D eigenvalue weighted by Crippen LogP contribution is 2.33. The van der Waals surface area contributed by atoms with E-state index in [9.17, 15) is 9.59 Å². The Morgan fingerprint density at radius 3 is 2.79 bits per heavy atom. The molecule has 1 saturated heterocycles. The molecule has 0 radical (unpaired) electrons. The maximum absolute atomic E-state index is 13.1. The second-order valence-corrected chi connectivity index (χ2v) is 8.63. The molecule has 1 amide bonds. The maximum Gasteiger partial charge on any atom is 0.267 e. The lowest BCUT2D eigenvalue weighted by Crippen LogP contribution is -2.31. The molecule has 0 saturated carbocycles. The zero-order valence-electron chi connectivity index (χ0n) is 15.9. The average Bonchev–Trinajstić information content (AvgIpc) is 2.90. The SMILES string of the molecule is Cc1ccc2nc(NCCO)c(C=C3SC(=S)N(CC(C)C)C3=O)c(=O)n2c1. The van der Waals surface area contributed by atoms with Crippen LogP contribution in [0, 0.1) is 12.8 Å². The third kappa shape index (κ3) is 4.11. The van der Waals surface area contributed by atoms with Gasteiger partial charge in [-0.15, -0.1) is 0 Å². The van der Waals surface area contributed by atoms with Gasteiger partial charge >= 0.3 is 0 Å². The Morgan fingerprint density at radius 2 is 2.11 bits per heavy atom. The Bertz CT molecular complexity index is 1030. The third-order valence-electron chi connectivity index (χ3n) is 4.11. The Balaban J connectivity index is 2.12. The van der Waals surface area contributed by atoms with Gasteiger partial charge in [-0.3, -0.25) is 18.9 Å². The fourth-order valence-corrected chi connectivity index (χ4v) is 4.11. The first kappa shape index (κ1) is 20.5. The van der Waals surface area contributed by atoms with E-state index in [1.807, 2.05) is 26.8 Å². The predicted molar refractivity (Wildman–Crippen MR) is 116 cm³/mol. The second-order valence-electron chi connectivity index (χ2n) is 6.95. The van der Waals surface area contributed by atoms with Crippen LogP contribution in [-0.2, 0) is 4.79 Å². The molecule has 2 aromatic rings. The second kappa shape index (κ2) is 8.42. The van der Waals surface area contributed by atoms with Crippen LogP contribution >= 0.6 is 24.0 Å². The summed E-state index contributed by atoms with van der Waals surface area (Å²) in [5.74, 6) is 0.405. The van der Waals surface area contributed by atoms with Crippen molar-refractivity contribution in [1.82, 2.24) is 14.3 Å². The van der Waals surface area contributed by atoms with Crippen molar-refractivity contribution >= 4 is 51.7 Å². The van der Waals surface area contributed by atoms with Crippen molar-refractivity contribution in [2.75, 3.05) is 25.0 Å². The molecule has 9 heteroatoms. The number of hydrogen-bond acceptors (Lipinski definition) is 7. The van der Waals surface area contributed by atoms with Crippen molar-refractivity contribution in [3.05, 3.63) is 44.7 Å². The van der Waals surface area contributed by atoms with Crippen LogP contribution in [0.5, 0.6) is 0 Å². The molecule has 0 aliphatic carbocycles. The summed E-state index contributed by atoms with van der Waals surface area (Å²) in [6.45, 7) is 6.59.